The van der Waals surface area contributed by atoms with Crippen LogP contribution in [-0.4, -0.2) is 28.2 Å². The molecule has 0 atom stereocenters. The molecule has 118 valence electrons. The number of nitrogens with one attached hydrogen (secondary N) is 2. The van der Waals surface area contributed by atoms with Crippen molar-refractivity contribution in [2.75, 3.05) is 19.8 Å². The summed E-state index contributed by atoms with van der Waals surface area (Å²) >= 11 is 0. The zero-order valence-corrected chi connectivity index (χ0v) is 13.2. The van der Waals surface area contributed by atoms with E-state index in [0.29, 0.717) is 19.8 Å². The molecule has 2 rings (SSSR count). The van der Waals surface area contributed by atoms with Crippen molar-refractivity contribution in [1.29, 1.82) is 0 Å². The first-order chi connectivity index (χ1) is 9.95. The largest absolute Gasteiger partial charge is 0.344 e. The van der Waals surface area contributed by atoms with Crippen molar-refractivity contribution in [2.45, 2.75) is 32.6 Å². The molecule has 7 heteroatoms. The van der Waals surface area contributed by atoms with Gasteiger partial charge in [-0.3, -0.25) is 0 Å². The van der Waals surface area contributed by atoms with E-state index in [4.69, 9.17) is 9.47 Å². The second-order valence-corrected chi connectivity index (χ2v) is 6.65. The Balaban J connectivity index is 2.02. The highest BCUT2D eigenvalue weighted by Gasteiger charge is 2.33. The Morgan fingerprint density at radius 3 is 2.62 bits per heavy atom. The second-order valence-electron chi connectivity index (χ2n) is 5.06. The molecule has 1 saturated heterocycles. The molecule has 1 fully saturated rings. The highest BCUT2D eigenvalue weighted by atomic mass is 32.2. The van der Waals surface area contributed by atoms with E-state index in [1.54, 1.807) is 0 Å². The highest BCUT2D eigenvalue weighted by molar-refractivity contribution is 7.87. The molecule has 1 aliphatic rings. The Morgan fingerprint density at radius 1 is 1.24 bits per heavy atom. The van der Waals surface area contributed by atoms with E-state index in [1.165, 1.54) is 0 Å². The van der Waals surface area contributed by atoms with Crippen molar-refractivity contribution in [2.24, 2.45) is 0 Å². The standard InChI is InChI=1S/C14H22N2O4S/c1-3-7-15-21(17,18)16-11-12-5-4-6-13(10-12)14(2)19-8-9-20-14/h4-6,10,15-16H,3,7-9,11H2,1-2H3. The Kier molecular flexibility index (Phi) is 5.34. The fourth-order valence-corrected chi connectivity index (χ4v) is 3.04. The van der Waals surface area contributed by atoms with Crippen molar-refractivity contribution in [1.82, 2.24) is 9.44 Å². The molecule has 0 unspecified atom stereocenters. The van der Waals surface area contributed by atoms with Crippen molar-refractivity contribution in [3.8, 4) is 0 Å². The maximum Gasteiger partial charge on any atom is 0.277 e. The van der Waals surface area contributed by atoms with Gasteiger partial charge in [-0.25, -0.2) is 4.72 Å². The van der Waals surface area contributed by atoms with Gasteiger partial charge >= 0.3 is 0 Å². The number of hydrogen-bond acceptors (Lipinski definition) is 4. The summed E-state index contributed by atoms with van der Waals surface area (Å²) in [6, 6.07) is 7.55. The van der Waals surface area contributed by atoms with Gasteiger partial charge in [0.1, 0.15) is 0 Å². The van der Waals surface area contributed by atoms with Crippen LogP contribution < -0.4 is 9.44 Å². The van der Waals surface area contributed by atoms with Crippen LogP contribution in [0.25, 0.3) is 0 Å². The predicted molar refractivity (Wildman–Crippen MR) is 79.8 cm³/mol. The van der Waals surface area contributed by atoms with Crippen molar-refractivity contribution in [3.63, 3.8) is 0 Å². The maximum absolute atomic E-state index is 11.7. The van der Waals surface area contributed by atoms with E-state index < -0.39 is 16.0 Å². The molecule has 0 spiro atoms. The number of hydrogen-bond donors (Lipinski definition) is 2. The van der Waals surface area contributed by atoms with Gasteiger partial charge in [0.05, 0.1) is 13.2 Å². The summed E-state index contributed by atoms with van der Waals surface area (Å²) < 4.78 is 39.6. The monoisotopic (exact) mass is 314 g/mol. The van der Waals surface area contributed by atoms with Gasteiger partial charge in [0, 0.05) is 18.7 Å². The van der Waals surface area contributed by atoms with E-state index >= 15 is 0 Å². The molecule has 1 aliphatic heterocycles. The van der Waals surface area contributed by atoms with Crippen LogP contribution in [0.3, 0.4) is 0 Å². The molecule has 6 nitrogen and oxygen atoms in total. The van der Waals surface area contributed by atoms with Crippen LogP contribution in [0.2, 0.25) is 0 Å². The Labute approximate surface area is 126 Å². The molecule has 1 aromatic carbocycles. The zero-order chi connectivity index (χ0) is 15.3. The van der Waals surface area contributed by atoms with E-state index in [9.17, 15) is 8.42 Å². The van der Waals surface area contributed by atoms with Crippen LogP contribution in [0.15, 0.2) is 24.3 Å². The summed E-state index contributed by atoms with van der Waals surface area (Å²) in [5.74, 6) is -0.741. The number of ether oxygens (including phenoxy) is 2. The predicted octanol–water partition coefficient (Wildman–Crippen LogP) is 1.24. The Hall–Kier alpha value is -0.990. The van der Waals surface area contributed by atoms with Gasteiger partial charge in [0.2, 0.25) is 0 Å². The third-order valence-electron chi connectivity index (χ3n) is 3.30. The average Bonchev–Trinajstić information content (AvgIpc) is 2.92. The van der Waals surface area contributed by atoms with Gasteiger partial charge < -0.3 is 9.47 Å². The van der Waals surface area contributed by atoms with Crippen LogP contribution in [-0.2, 0) is 32.0 Å². The lowest BCUT2D eigenvalue weighted by atomic mass is 10.0. The Morgan fingerprint density at radius 2 is 1.95 bits per heavy atom. The van der Waals surface area contributed by atoms with E-state index in [2.05, 4.69) is 9.44 Å². The van der Waals surface area contributed by atoms with Gasteiger partial charge in [0.15, 0.2) is 5.79 Å². The highest BCUT2D eigenvalue weighted by Crippen LogP contribution is 2.31. The fourth-order valence-electron chi connectivity index (χ4n) is 2.11. The van der Waals surface area contributed by atoms with E-state index in [-0.39, 0.29) is 6.54 Å². The van der Waals surface area contributed by atoms with Crippen LogP contribution in [0.4, 0.5) is 0 Å². The zero-order valence-electron chi connectivity index (χ0n) is 12.4. The quantitative estimate of drug-likeness (QED) is 0.794. The van der Waals surface area contributed by atoms with Gasteiger partial charge in [-0.05, 0) is 25.0 Å². The molecule has 0 saturated carbocycles. The lowest BCUT2D eigenvalue weighted by molar-refractivity contribution is -0.149. The molecule has 0 aliphatic carbocycles. The lowest BCUT2D eigenvalue weighted by Crippen LogP contribution is -2.36. The second kappa shape index (κ2) is 6.85. The molecule has 0 radical (unpaired) electrons. The van der Waals surface area contributed by atoms with Crippen LogP contribution in [0.5, 0.6) is 0 Å². The first-order valence-corrected chi connectivity index (χ1v) is 8.55. The minimum absolute atomic E-state index is 0.225. The summed E-state index contributed by atoms with van der Waals surface area (Å²) in [5.41, 5.74) is 1.74. The molecule has 2 N–H and O–H groups in total. The van der Waals surface area contributed by atoms with Crippen molar-refractivity contribution >= 4 is 10.2 Å². The van der Waals surface area contributed by atoms with E-state index in [0.717, 1.165) is 17.5 Å². The maximum atomic E-state index is 11.7. The van der Waals surface area contributed by atoms with E-state index in [1.807, 2.05) is 38.1 Å². The fraction of sp³-hybridized carbons (Fsp3) is 0.571. The summed E-state index contributed by atoms with van der Waals surface area (Å²) in [6.45, 7) is 5.56. The molecular weight excluding hydrogens is 292 g/mol. The molecule has 0 amide bonds. The van der Waals surface area contributed by atoms with Crippen LogP contribution in [0, 0.1) is 0 Å². The van der Waals surface area contributed by atoms with Gasteiger partial charge in [-0.1, -0.05) is 25.1 Å². The Bertz CT molecular complexity index is 568. The SMILES string of the molecule is CCCNS(=O)(=O)NCc1cccc(C2(C)OCCO2)c1. The normalized spacial score (nSPS) is 18.0. The lowest BCUT2D eigenvalue weighted by Gasteiger charge is -2.23. The molecule has 0 bridgehead atoms. The number of rotatable bonds is 7. The molecule has 0 aromatic heterocycles. The third-order valence-corrected chi connectivity index (χ3v) is 4.41. The molecule has 1 heterocycles. The summed E-state index contributed by atoms with van der Waals surface area (Å²) in [7, 11) is -3.45. The molecular formula is C14H22N2O4S. The average molecular weight is 314 g/mol. The smallest absolute Gasteiger partial charge is 0.277 e. The first-order valence-electron chi connectivity index (χ1n) is 7.07. The van der Waals surface area contributed by atoms with Crippen molar-refractivity contribution in [3.05, 3.63) is 35.4 Å². The molecule has 1 aromatic rings. The van der Waals surface area contributed by atoms with Gasteiger partial charge in [-0.15, -0.1) is 0 Å². The first kappa shape index (κ1) is 16.4. The summed E-state index contributed by atoms with van der Waals surface area (Å²) in [5, 5.41) is 0. The molecule has 21 heavy (non-hydrogen) atoms. The van der Waals surface area contributed by atoms with Crippen LogP contribution >= 0.6 is 0 Å². The topological polar surface area (TPSA) is 76.7 Å². The van der Waals surface area contributed by atoms with Gasteiger partial charge in [0.25, 0.3) is 10.2 Å². The van der Waals surface area contributed by atoms with Crippen molar-refractivity contribution < 1.29 is 17.9 Å². The summed E-state index contributed by atoms with van der Waals surface area (Å²) in [6.07, 6.45) is 0.753. The minimum Gasteiger partial charge on any atom is -0.344 e. The number of benzene rings is 1. The third kappa shape index (κ3) is 4.49. The summed E-state index contributed by atoms with van der Waals surface area (Å²) in [4.78, 5) is 0. The minimum atomic E-state index is -3.45. The van der Waals surface area contributed by atoms with Gasteiger partial charge in [-0.2, -0.15) is 13.1 Å². The van der Waals surface area contributed by atoms with Crippen LogP contribution in [0.1, 0.15) is 31.4 Å².